The van der Waals surface area contributed by atoms with Crippen molar-refractivity contribution in [2.45, 2.75) is 20.3 Å². The van der Waals surface area contributed by atoms with E-state index in [1.807, 2.05) is 38.1 Å². The van der Waals surface area contributed by atoms with Crippen LogP contribution in [-0.4, -0.2) is 32.8 Å². The van der Waals surface area contributed by atoms with E-state index < -0.39 is 5.97 Å². The average Bonchev–Trinajstić information content (AvgIpc) is 3.19. The average molecular weight is 472 g/mol. The molecule has 170 valence electrons. The summed E-state index contributed by atoms with van der Waals surface area (Å²) < 4.78 is 5.75. The van der Waals surface area contributed by atoms with Crippen molar-refractivity contribution < 1.29 is 19.7 Å². The molecule has 0 saturated carbocycles. The van der Waals surface area contributed by atoms with Crippen LogP contribution in [0.25, 0.3) is 21.6 Å². The van der Waals surface area contributed by atoms with Crippen LogP contribution in [-0.2, 0) is 6.42 Å². The Morgan fingerprint density at radius 1 is 1.06 bits per heavy atom. The lowest BCUT2D eigenvalue weighted by molar-refractivity contribution is 0.0693. The number of ether oxygens (including phenoxy) is 1. The Morgan fingerprint density at radius 3 is 2.56 bits per heavy atom. The number of aromatic nitrogens is 2. The molecule has 2 N–H and O–H groups in total. The Labute approximate surface area is 200 Å². The van der Waals surface area contributed by atoms with Crippen LogP contribution in [0.1, 0.15) is 32.3 Å². The fraction of sp³-hybridized carbons (Fsp3) is 0.154. The highest BCUT2D eigenvalue weighted by atomic mass is 32.1. The van der Waals surface area contributed by atoms with E-state index in [9.17, 15) is 15.2 Å². The fourth-order valence-electron chi connectivity index (χ4n) is 3.52. The maximum atomic E-state index is 11.2. The van der Waals surface area contributed by atoms with Gasteiger partial charge in [-0.05, 0) is 60.9 Å². The molecule has 0 aliphatic carbocycles. The molecule has 0 radical (unpaired) electrons. The zero-order valence-electron chi connectivity index (χ0n) is 18.6. The van der Waals surface area contributed by atoms with Crippen molar-refractivity contribution in [2.24, 2.45) is 0 Å². The van der Waals surface area contributed by atoms with Crippen LogP contribution in [0.15, 0.2) is 54.6 Å². The number of phenols is 1. The Bertz CT molecular complexity index is 1420. The molecule has 0 fully saturated rings. The van der Waals surface area contributed by atoms with E-state index in [0.717, 1.165) is 38.0 Å². The predicted octanol–water partition coefficient (Wildman–Crippen LogP) is 5.39. The van der Waals surface area contributed by atoms with Gasteiger partial charge in [0, 0.05) is 12.1 Å². The van der Waals surface area contributed by atoms with E-state index >= 15 is 0 Å². The van der Waals surface area contributed by atoms with Gasteiger partial charge in [0.25, 0.3) is 0 Å². The number of hydrogen-bond donors (Lipinski definition) is 2. The van der Waals surface area contributed by atoms with Crippen molar-refractivity contribution in [3.05, 3.63) is 82.1 Å². The van der Waals surface area contributed by atoms with Crippen molar-refractivity contribution in [3.8, 4) is 39.3 Å². The number of rotatable bonds is 7. The first kappa shape index (κ1) is 23.0. The van der Waals surface area contributed by atoms with E-state index in [1.165, 1.54) is 12.1 Å². The molecule has 2 aromatic carbocycles. The molecule has 0 bridgehead atoms. The van der Waals surface area contributed by atoms with E-state index in [1.54, 1.807) is 29.5 Å². The van der Waals surface area contributed by atoms with Gasteiger partial charge in [0.1, 0.15) is 22.9 Å². The molecule has 4 rings (SSSR count). The SMILES string of the molecule is Cc1ccc(C#N)c(OCCc2nc(C)c(-c3cccc(-c4ccc(C(=O)O)c(O)c4)c3)s2)n1. The molecule has 7 nitrogen and oxygen atoms in total. The van der Waals surface area contributed by atoms with Crippen LogP contribution >= 0.6 is 11.3 Å². The standard InChI is InChI=1S/C26H21N3O4S/c1-15-6-7-20(14-27)25(28-15)33-11-10-23-29-16(2)24(34-23)19-5-3-4-17(12-19)18-8-9-21(26(31)32)22(30)13-18/h3-9,12-13,30H,10-11H2,1-2H3,(H,31,32). The summed E-state index contributed by atoms with van der Waals surface area (Å²) in [7, 11) is 0. The molecule has 4 aromatic rings. The third-order valence-electron chi connectivity index (χ3n) is 5.20. The molecule has 0 aliphatic rings. The van der Waals surface area contributed by atoms with E-state index in [2.05, 4.69) is 16.0 Å². The van der Waals surface area contributed by atoms with Crippen LogP contribution in [0.3, 0.4) is 0 Å². The fourth-order valence-corrected chi connectivity index (χ4v) is 4.56. The Balaban J connectivity index is 1.52. The molecule has 0 spiro atoms. The topological polar surface area (TPSA) is 116 Å². The van der Waals surface area contributed by atoms with Gasteiger partial charge in [-0.3, -0.25) is 0 Å². The van der Waals surface area contributed by atoms with Crippen LogP contribution < -0.4 is 4.74 Å². The van der Waals surface area contributed by atoms with Gasteiger partial charge >= 0.3 is 5.97 Å². The molecule has 0 saturated heterocycles. The van der Waals surface area contributed by atoms with E-state index in [-0.39, 0.29) is 11.3 Å². The lowest BCUT2D eigenvalue weighted by atomic mass is 10.0. The number of aryl methyl sites for hydroxylation is 2. The van der Waals surface area contributed by atoms with Crippen LogP contribution in [0.5, 0.6) is 11.6 Å². The summed E-state index contributed by atoms with van der Waals surface area (Å²) in [5.41, 5.74) is 4.51. The smallest absolute Gasteiger partial charge is 0.339 e. The summed E-state index contributed by atoms with van der Waals surface area (Å²) in [5.74, 6) is -1.10. The van der Waals surface area contributed by atoms with Crippen molar-refractivity contribution in [1.29, 1.82) is 5.26 Å². The zero-order valence-corrected chi connectivity index (χ0v) is 19.4. The normalized spacial score (nSPS) is 10.6. The number of carbonyl (C=O) groups is 1. The maximum absolute atomic E-state index is 11.2. The number of aromatic carboxylic acids is 1. The number of nitriles is 1. The first-order valence-electron chi connectivity index (χ1n) is 10.5. The highest BCUT2D eigenvalue weighted by molar-refractivity contribution is 7.15. The minimum absolute atomic E-state index is 0.132. The Hall–Kier alpha value is -4.22. The summed E-state index contributed by atoms with van der Waals surface area (Å²) in [4.78, 5) is 21.1. The number of aromatic hydroxyl groups is 1. The summed E-state index contributed by atoms with van der Waals surface area (Å²) >= 11 is 1.57. The number of benzene rings is 2. The second-order valence-corrected chi connectivity index (χ2v) is 8.74. The number of hydrogen-bond acceptors (Lipinski definition) is 7. The van der Waals surface area contributed by atoms with Crippen molar-refractivity contribution in [2.75, 3.05) is 6.61 Å². The molecule has 0 atom stereocenters. The lowest BCUT2D eigenvalue weighted by Crippen LogP contribution is -2.04. The number of thiazole rings is 1. The van der Waals surface area contributed by atoms with Gasteiger partial charge in [-0.15, -0.1) is 11.3 Å². The molecule has 2 heterocycles. The lowest BCUT2D eigenvalue weighted by Gasteiger charge is -2.07. The van der Waals surface area contributed by atoms with Crippen LogP contribution in [0.2, 0.25) is 0 Å². The Kier molecular flexibility index (Phi) is 6.57. The Morgan fingerprint density at radius 2 is 1.82 bits per heavy atom. The molecular formula is C26H21N3O4S. The van der Waals surface area contributed by atoms with Gasteiger partial charge in [-0.2, -0.15) is 5.26 Å². The second kappa shape index (κ2) is 9.73. The summed E-state index contributed by atoms with van der Waals surface area (Å²) in [6.07, 6.45) is 0.580. The summed E-state index contributed by atoms with van der Waals surface area (Å²) in [6, 6.07) is 17.9. The quantitative estimate of drug-likeness (QED) is 0.371. The van der Waals surface area contributed by atoms with E-state index in [4.69, 9.17) is 9.84 Å². The van der Waals surface area contributed by atoms with Crippen LogP contribution in [0, 0.1) is 25.2 Å². The number of carboxylic acids is 1. The molecule has 0 aliphatic heterocycles. The molecule has 34 heavy (non-hydrogen) atoms. The second-order valence-electron chi connectivity index (χ2n) is 7.66. The number of pyridine rings is 1. The van der Waals surface area contributed by atoms with Crippen molar-refractivity contribution >= 4 is 17.3 Å². The third kappa shape index (κ3) is 4.90. The number of nitrogens with zero attached hydrogens (tertiary/aromatic N) is 3. The summed E-state index contributed by atoms with van der Waals surface area (Å²) in [5, 5.41) is 29.3. The van der Waals surface area contributed by atoms with Gasteiger partial charge in [-0.1, -0.05) is 24.3 Å². The molecule has 0 amide bonds. The highest BCUT2D eigenvalue weighted by Crippen LogP contribution is 2.34. The first-order valence-corrected chi connectivity index (χ1v) is 11.3. The first-order chi connectivity index (χ1) is 16.4. The van der Waals surface area contributed by atoms with Gasteiger partial charge in [-0.25, -0.2) is 14.8 Å². The van der Waals surface area contributed by atoms with Gasteiger partial charge in [0.15, 0.2) is 0 Å². The molecule has 2 aromatic heterocycles. The van der Waals surface area contributed by atoms with Gasteiger partial charge < -0.3 is 14.9 Å². The van der Waals surface area contributed by atoms with Crippen molar-refractivity contribution in [3.63, 3.8) is 0 Å². The molecule has 8 heteroatoms. The number of carboxylic acid groups (broad SMARTS) is 1. The monoisotopic (exact) mass is 471 g/mol. The minimum atomic E-state index is -1.17. The molecular weight excluding hydrogens is 450 g/mol. The third-order valence-corrected chi connectivity index (χ3v) is 6.47. The van der Waals surface area contributed by atoms with Crippen molar-refractivity contribution in [1.82, 2.24) is 9.97 Å². The highest BCUT2D eigenvalue weighted by Gasteiger charge is 2.14. The molecule has 0 unspecified atom stereocenters. The zero-order chi connectivity index (χ0) is 24.2. The minimum Gasteiger partial charge on any atom is -0.507 e. The maximum Gasteiger partial charge on any atom is 0.339 e. The van der Waals surface area contributed by atoms with Gasteiger partial charge in [0.2, 0.25) is 5.88 Å². The summed E-state index contributed by atoms with van der Waals surface area (Å²) in [6.45, 7) is 4.15. The van der Waals surface area contributed by atoms with Crippen LogP contribution in [0.4, 0.5) is 0 Å². The predicted molar refractivity (Wildman–Crippen MR) is 129 cm³/mol. The largest absolute Gasteiger partial charge is 0.507 e. The van der Waals surface area contributed by atoms with E-state index in [0.29, 0.717) is 24.5 Å². The van der Waals surface area contributed by atoms with Gasteiger partial charge in [0.05, 0.1) is 22.2 Å².